The Bertz CT molecular complexity index is 1330. The quantitative estimate of drug-likeness (QED) is 0.632. The first kappa shape index (κ1) is 20.5. The molecule has 3 aromatic rings. The third-order valence-electron chi connectivity index (χ3n) is 6.10. The molecule has 7 nitrogen and oxygen atoms in total. The number of hydrogen-bond acceptors (Lipinski definition) is 5. The first-order chi connectivity index (χ1) is 14.7. The molecule has 1 aliphatic carbocycles. The molecule has 1 saturated carbocycles. The highest BCUT2D eigenvalue weighted by Gasteiger charge is 2.34. The van der Waals surface area contributed by atoms with E-state index in [0.29, 0.717) is 45.3 Å². The van der Waals surface area contributed by atoms with E-state index in [1.54, 1.807) is 16.8 Å². The summed E-state index contributed by atoms with van der Waals surface area (Å²) < 4.78 is 25.8. The van der Waals surface area contributed by atoms with Crippen molar-refractivity contribution in [1.82, 2.24) is 14.8 Å². The summed E-state index contributed by atoms with van der Waals surface area (Å²) in [6.07, 6.45) is 2.59. The Labute approximate surface area is 185 Å². The van der Waals surface area contributed by atoms with Crippen molar-refractivity contribution >= 4 is 44.1 Å². The minimum absolute atomic E-state index is 0.0573. The Morgan fingerprint density at radius 1 is 1.19 bits per heavy atom. The third-order valence-corrected chi connectivity index (χ3v) is 8.08. The number of rotatable bonds is 4. The molecule has 9 heteroatoms. The lowest BCUT2D eigenvalue weighted by Gasteiger charge is -2.13. The van der Waals surface area contributed by atoms with Crippen LogP contribution in [-0.4, -0.2) is 40.6 Å². The predicted octanol–water partition coefficient (Wildman–Crippen LogP) is 4.19. The number of amides is 1. The molecule has 0 radical (unpaired) electrons. The van der Waals surface area contributed by atoms with Crippen LogP contribution in [0.5, 0.6) is 0 Å². The van der Waals surface area contributed by atoms with Gasteiger partial charge in [0.05, 0.1) is 34.2 Å². The van der Waals surface area contributed by atoms with E-state index in [4.69, 9.17) is 16.6 Å². The summed E-state index contributed by atoms with van der Waals surface area (Å²) >= 11 is 6.12. The first-order valence-corrected chi connectivity index (χ1v) is 12.6. The van der Waals surface area contributed by atoms with Crippen LogP contribution in [0.4, 0.5) is 5.69 Å². The Balaban J connectivity index is 1.62. The lowest BCUT2D eigenvalue weighted by atomic mass is 10.1. The summed E-state index contributed by atoms with van der Waals surface area (Å²) in [5.74, 6) is 0.296. The molecule has 3 heterocycles. The van der Waals surface area contributed by atoms with Crippen molar-refractivity contribution in [2.24, 2.45) is 0 Å². The van der Waals surface area contributed by atoms with Gasteiger partial charge in [0, 0.05) is 22.3 Å². The molecule has 1 amide bonds. The molecule has 1 unspecified atom stereocenters. The van der Waals surface area contributed by atoms with Gasteiger partial charge in [-0.15, -0.1) is 0 Å². The van der Waals surface area contributed by atoms with Crippen LogP contribution in [0.3, 0.4) is 0 Å². The van der Waals surface area contributed by atoms with Gasteiger partial charge in [-0.25, -0.2) is 18.1 Å². The molecule has 5 rings (SSSR count). The van der Waals surface area contributed by atoms with Crippen molar-refractivity contribution in [3.63, 3.8) is 0 Å². The second-order valence-corrected chi connectivity index (χ2v) is 11.2. The number of sulfone groups is 1. The van der Waals surface area contributed by atoms with Gasteiger partial charge in [0.2, 0.25) is 0 Å². The van der Waals surface area contributed by atoms with E-state index in [9.17, 15) is 13.2 Å². The topological polar surface area (TPSA) is 93.9 Å². The summed E-state index contributed by atoms with van der Waals surface area (Å²) in [5.41, 5.74) is 4.20. The van der Waals surface area contributed by atoms with Crippen molar-refractivity contribution in [3.05, 3.63) is 51.8 Å². The van der Waals surface area contributed by atoms with Crippen molar-refractivity contribution in [2.75, 3.05) is 16.8 Å². The summed E-state index contributed by atoms with van der Waals surface area (Å²) in [5, 5.41) is 8.83. The molecule has 31 heavy (non-hydrogen) atoms. The van der Waals surface area contributed by atoms with Crippen molar-refractivity contribution in [1.29, 1.82) is 0 Å². The molecule has 1 N–H and O–H groups in total. The molecule has 2 aromatic heterocycles. The number of anilines is 1. The molecular weight excluding hydrogens is 436 g/mol. The van der Waals surface area contributed by atoms with E-state index in [1.807, 2.05) is 26.0 Å². The van der Waals surface area contributed by atoms with E-state index in [1.165, 1.54) is 0 Å². The number of aromatic nitrogens is 3. The minimum Gasteiger partial charge on any atom is -0.322 e. The zero-order chi connectivity index (χ0) is 21.9. The van der Waals surface area contributed by atoms with E-state index >= 15 is 0 Å². The lowest BCUT2D eigenvalue weighted by Crippen LogP contribution is -2.16. The van der Waals surface area contributed by atoms with Crippen LogP contribution in [-0.2, 0) is 9.84 Å². The number of halogens is 1. The Morgan fingerprint density at radius 2 is 1.97 bits per heavy atom. The number of carbonyl (C=O) groups is 1. The fourth-order valence-electron chi connectivity index (χ4n) is 4.24. The maximum atomic E-state index is 13.4. The van der Waals surface area contributed by atoms with Crippen LogP contribution < -0.4 is 5.32 Å². The van der Waals surface area contributed by atoms with E-state index in [2.05, 4.69) is 10.4 Å². The third kappa shape index (κ3) is 3.83. The Hall–Kier alpha value is -2.45. The smallest absolute Gasteiger partial charge is 0.256 e. The molecule has 162 valence electrons. The fraction of sp³-hybridized carbons (Fsp3) is 0.409. The van der Waals surface area contributed by atoms with Crippen LogP contribution in [0, 0.1) is 13.8 Å². The highest BCUT2D eigenvalue weighted by molar-refractivity contribution is 7.91. The summed E-state index contributed by atoms with van der Waals surface area (Å²) in [6.45, 7) is 3.75. The van der Waals surface area contributed by atoms with Gasteiger partial charge in [0.1, 0.15) is 0 Å². The first-order valence-electron chi connectivity index (χ1n) is 10.4. The van der Waals surface area contributed by atoms with Gasteiger partial charge in [-0.1, -0.05) is 17.7 Å². The SMILES string of the molecule is Cc1ccc(Cl)cc1NC(=O)c1cc(C2CC2)nc2c1c(C)nn2C1CCS(=O)(=O)C1. The number of carbonyl (C=O) groups excluding carboxylic acids is 1. The van der Waals surface area contributed by atoms with Gasteiger partial charge < -0.3 is 5.32 Å². The van der Waals surface area contributed by atoms with Crippen molar-refractivity contribution in [2.45, 2.75) is 45.1 Å². The monoisotopic (exact) mass is 458 g/mol. The van der Waals surface area contributed by atoms with Crippen LogP contribution >= 0.6 is 11.6 Å². The van der Waals surface area contributed by atoms with Gasteiger partial charge in [-0.05, 0) is 56.9 Å². The van der Waals surface area contributed by atoms with Gasteiger partial charge in [-0.2, -0.15) is 5.10 Å². The van der Waals surface area contributed by atoms with Crippen LogP contribution in [0.15, 0.2) is 24.3 Å². The zero-order valence-electron chi connectivity index (χ0n) is 17.4. The molecule has 0 spiro atoms. The molecule has 2 fully saturated rings. The number of hydrogen-bond donors (Lipinski definition) is 1. The molecule has 2 aliphatic rings. The van der Waals surface area contributed by atoms with Gasteiger partial charge in [-0.3, -0.25) is 4.79 Å². The van der Waals surface area contributed by atoms with Gasteiger partial charge in [0.25, 0.3) is 5.91 Å². The molecule has 1 saturated heterocycles. The average molecular weight is 459 g/mol. The van der Waals surface area contributed by atoms with Crippen molar-refractivity contribution in [3.8, 4) is 0 Å². The van der Waals surface area contributed by atoms with E-state index in [-0.39, 0.29) is 23.5 Å². The second kappa shape index (κ2) is 7.31. The standard InChI is InChI=1S/C22H23ClN4O3S/c1-12-3-6-15(23)9-18(12)25-22(28)17-10-19(14-4-5-14)24-21-20(17)13(2)26-27(21)16-7-8-31(29,30)11-16/h3,6,9-10,14,16H,4-5,7-8,11H2,1-2H3,(H,25,28). The van der Waals surface area contributed by atoms with Crippen LogP contribution in [0.2, 0.25) is 5.02 Å². The van der Waals surface area contributed by atoms with Gasteiger partial charge in [0.15, 0.2) is 15.5 Å². The molecular formula is C22H23ClN4O3S. The molecule has 0 bridgehead atoms. The molecule has 1 aliphatic heterocycles. The summed E-state index contributed by atoms with van der Waals surface area (Å²) in [6, 6.07) is 6.98. The number of aryl methyl sites for hydroxylation is 2. The summed E-state index contributed by atoms with van der Waals surface area (Å²) in [7, 11) is -3.07. The number of benzene rings is 1. The minimum atomic E-state index is -3.07. The fourth-order valence-corrected chi connectivity index (χ4v) is 6.11. The van der Waals surface area contributed by atoms with Crippen LogP contribution in [0.1, 0.15) is 58.5 Å². The second-order valence-electron chi connectivity index (χ2n) is 8.57. The normalized spacial score (nSPS) is 20.3. The Morgan fingerprint density at radius 3 is 2.65 bits per heavy atom. The van der Waals surface area contributed by atoms with Crippen LogP contribution in [0.25, 0.3) is 11.0 Å². The zero-order valence-corrected chi connectivity index (χ0v) is 18.9. The van der Waals surface area contributed by atoms with E-state index < -0.39 is 9.84 Å². The Kier molecular flexibility index (Phi) is 4.82. The number of nitrogens with one attached hydrogen (secondary N) is 1. The average Bonchev–Trinajstić information content (AvgIpc) is 3.43. The maximum Gasteiger partial charge on any atom is 0.256 e. The maximum absolute atomic E-state index is 13.4. The lowest BCUT2D eigenvalue weighted by molar-refractivity contribution is 0.102. The highest BCUT2D eigenvalue weighted by atomic mass is 35.5. The highest BCUT2D eigenvalue weighted by Crippen LogP contribution is 2.41. The predicted molar refractivity (Wildman–Crippen MR) is 121 cm³/mol. The molecule has 1 aromatic carbocycles. The number of fused-ring (bicyclic) bond motifs is 1. The summed E-state index contributed by atoms with van der Waals surface area (Å²) in [4.78, 5) is 18.2. The van der Waals surface area contributed by atoms with Crippen molar-refractivity contribution < 1.29 is 13.2 Å². The largest absolute Gasteiger partial charge is 0.322 e. The number of nitrogens with zero attached hydrogens (tertiary/aromatic N) is 3. The van der Waals surface area contributed by atoms with Gasteiger partial charge >= 0.3 is 0 Å². The number of pyridine rings is 1. The van der Waals surface area contributed by atoms with E-state index in [0.717, 1.165) is 24.1 Å². The molecule has 1 atom stereocenters.